The lowest BCUT2D eigenvalue weighted by atomic mass is 9.93. The largest absolute Gasteiger partial charge is 0.317 e. The minimum atomic E-state index is -0.0639. The van der Waals surface area contributed by atoms with Gasteiger partial charge in [0.1, 0.15) is 5.82 Å². The molecule has 0 bridgehead atoms. The molecule has 1 fully saturated rings. The molecular weight excluding hydrogens is 239 g/mol. The van der Waals surface area contributed by atoms with Gasteiger partial charge in [-0.25, -0.2) is 4.39 Å². The standard InChI is InChI=1S/C16H25FN2/c1-11-7-14(8-12(2)16(11)17)10-19-6-5-15(18-4)13(3)9-19/h7-8,13,15,18H,5-6,9-10H2,1-4H3. The van der Waals surface area contributed by atoms with Gasteiger partial charge in [0.05, 0.1) is 0 Å². The molecule has 1 aromatic carbocycles. The Hall–Kier alpha value is -0.930. The van der Waals surface area contributed by atoms with Crippen molar-refractivity contribution in [3.63, 3.8) is 0 Å². The van der Waals surface area contributed by atoms with Crippen LogP contribution in [0.2, 0.25) is 0 Å². The third-order valence-electron chi connectivity index (χ3n) is 4.26. The lowest BCUT2D eigenvalue weighted by Crippen LogP contribution is -2.46. The summed E-state index contributed by atoms with van der Waals surface area (Å²) in [6, 6.07) is 4.60. The monoisotopic (exact) mass is 264 g/mol. The molecule has 0 saturated carbocycles. The molecule has 3 heteroatoms. The van der Waals surface area contributed by atoms with Gasteiger partial charge in [0.15, 0.2) is 0 Å². The Kier molecular flexibility index (Phi) is 4.58. The minimum Gasteiger partial charge on any atom is -0.317 e. The van der Waals surface area contributed by atoms with Gasteiger partial charge in [0, 0.05) is 19.1 Å². The van der Waals surface area contributed by atoms with Crippen molar-refractivity contribution in [3.05, 3.63) is 34.6 Å². The predicted octanol–water partition coefficient (Wildman–Crippen LogP) is 2.87. The van der Waals surface area contributed by atoms with Gasteiger partial charge in [0.25, 0.3) is 0 Å². The van der Waals surface area contributed by atoms with Crippen LogP contribution in [0.4, 0.5) is 4.39 Å². The van der Waals surface area contributed by atoms with Crippen molar-refractivity contribution in [2.24, 2.45) is 5.92 Å². The molecule has 2 nitrogen and oxygen atoms in total. The van der Waals surface area contributed by atoms with Gasteiger partial charge in [-0.15, -0.1) is 0 Å². The Bertz CT molecular complexity index is 421. The van der Waals surface area contributed by atoms with Crippen LogP contribution in [-0.4, -0.2) is 31.1 Å². The van der Waals surface area contributed by atoms with E-state index in [0.29, 0.717) is 12.0 Å². The third-order valence-corrected chi connectivity index (χ3v) is 4.26. The second-order valence-electron chi connectivity index (χ2n) is 5.94. The molecule has 2 atom stereocenters. The molecule has 1 N–H and O–H groups in total. The Morgan fingerprint density at radius 3 is 2.47 bits per heavy atom. The fourth-order valence-electron chi connectivity index (χ4n) is 3.19. The van der Waals surface area contributed by atoms with E-state index in [9.17, 15) is 4.39 Å². The zero-order chi connectivity index (χ0) is 14.0. The van der Waals surface area contributed by atoms with Crippen LogP contribution >= 0.6 is 0 Å². The molecule has 0 aliphatic carbocycles. The summed E-state index contributed by atoms with van der Waals surface area (Å²) < 4.78 is 13.6. The van der Waals surface area contributed by atoms with Crippen molar-refractivity contribution in [2.75, 3.05) is 20.1 Å². The van der Waals surface area contributed by atoms with E-state index in [0.717, 1.165) is 30.8 Å². The average Bonchev–Trinajstić information content (AvgIpc) is 2.36. The summed E-state index contributed by atoms with van der Waals surface area (Å²) in [7, 11) is 2.05. The highest BCUT2D eigenvalue weighted by molar-refractivity contribution is 5.30. The number of rotatable bonds is 3. The van der Waals surface area contributed by atoms with Crippen molar-refractivity contribution in [3.8, 4) is 0 Å². The summed E-state index contributed by atoms with van der Waals surface area (Å²) in [5, 5.41) is 3.39. The Morgan fingerprint density at radius 1 is 1.32 bits per heavy atom. The fourth-order valence-corrected chi connectivity index (χ4v) is 3.19. The first kappa shape index (κ1) is 14.5. The molecule has 1 aliphatic rings. The Labute approximate surface area is 116 Å². The quantitative estimate of drug-likeness (QED) is 0.903. The summed E-state index contributed by atoms with van der Waals surface area (Å²) >= 11 is 0. The summed E-state index contributed by atoms with van der Waals surface area (Å²) in [5.41, 5.74) is 2.74. The SMILES string of the molecule is CNC1CCN(Cc2cc(C)c(F)c(C)c2)CC1C. The normalized spacial score (nSPS) is 24.7. The zero-order valence-corrected chi connectivity index (χ0v) is 12.5. The second-order valence-corrected chi connectivity index (χ2v) is 5.94. The smallest absolute Gasteiger partial charge is 0.129 e. The summed E-state index contributed by atoms with van der Waals surface area (Å²) in [5.74, 6) is 0.604. The molecule has 1 heterocycles. The van der Waals surface area contributed by atoms with Crippen LogP contribution in [-0.2, 0) is 6.54 Å². The highest BCUT2D eigenvalue weighted by Gasteiger charge is 2.24. The number of aryl methyl sites for hydroxylation is 2. The van der Waals surface area contributed by atoms with E-state index in [1.54, 1.807) is 0 Å². The first-order chi connectivity index (χ1) is 9.01. The van der Waals surface area contributed by atoms with E-state index < -0.39 is 0 Å². The van der Waals surface area contributed by atoms with E-state index in [1.165, 1.54) is 12.0 Å². The van der Waals surface area contributed by atoms with Crippen LogP contribution in [0.3, 0.4) is 0 Å². The van der Waals surface area contributed by atoms with Crippen LogP contribution in [0.15, 0.2) is 12.1 Å². The predicted molar refractivity (Wildman–Crippen MR) is 77.8 cm³/mol. The van der Waals surface area contributed by atoms with Crippen molar-refractivity contribution in [1.29, 1.82) is 0 Å². The zero-order valence-electron chi connectivity index (χ0n) is 12.5. The lowest BCUT2D eigenvalue weighted by molar-refractivity contribution is 0.145. The maximum absolute atomic E-state index is 13.6. The summed E-state index contributed by atoms with van der Waals surface area (Å²) in [6.45, 7) is 9.16. The number of hydrogen-bond acceptors (Lipinski definition) is 2. The van der Waals surface area contributed by atoms with Crippen LogP contribution in [0.25, 0.3) is 0 Å². The van der Waals surface area contributed by atoms with E-state index in [1.807, 2.05) is 33.0 Å². The molecule has 0 amide bonds. The average molecular weight is 264 g/mol. The molecular formula is C16H25FN2. The molecule has 106 valence electrons. The highest BCUT2D eigenvalue weighted by Crippen LogP contribution is 2.21. The number of nitrogens with one attached hydrogen (secondary N) is 1. The van der Waals surface area contributed by atoms with Crippen LogP contribution < -0.4 is 5.32 Å². The fraction of sp³-hybridized carbons (Fsp3) is 0.625. The van der Waals surface area contributed by atoms with Crippen molar-refractivity contribution in [1.82, 2.24) is 10.2 Å². The number of hydrogen-bond donors (Lipinski definition) is 1. The van der Waals surface area contributed by atoms with Gasteiger partial charge < -0.3 is 5.32 Å². The molecule has 1 saturated heterocycles. The Balaban J connectivity index is 2.02. The lowest BCUT2D eigenvalue weighted by Gasteiger charge is -2.36. The van der Waals surface area contributed by atoms with Gasteiger partial charge in [-0.1, -0.05) is 19.1 Å². The highest BCUT2D eigenvalue weighted by atomic mass is 19.1. The molecule has 2 rings (SSSR count). The maximum Gasteiger partial charge on any atom is 0.129 e. The van der Waals surface area contributed by atoms with E-state index in [-0.39, 0.29) is 5.82 Å². The van der Waals surface area contributed by atoms with Gasteiger partial charge in [-0.2, -0.15) is 0 Å². The number of halogens is 1. The first-order valence-corrected chi connectivity index (χ1v) is 7.16. The van der Waals surface area contributed by atoms with E-state index >= 15 is 0 Å². The molecule has 2 unspecified atom stereocenters. The molecule has 0 spiro atoms. The van der Waals surface area contributed by atoms with Gasteiger partial charge >= 0.3 is 0 Å². The maximum atomic E-state index is 13.6. The number of piperidine rings is 1. The van der Waals surface area contributed by atoms with Crippen LogP contribution in [0.5, 0.6) is 0 Å². The van der Waals surface area contributed by atoms with Gasteiger partial charge in [0.2, 0.25) is 0 Å². The molecule has 19 heavy (non-hydrogen) atoms. The van der Waals surface area contributed by atoms with Crippen LogP contribution in [0, 0.1) is 25.6 Å². The Morgan fingerprint density at radius 2 is 1.95 bits per heavy atom. The van der Waals surface area contributed by atoms with Gasteiger partial charge in [-0.05, 0) is 56.5 Å². The van der Waals surface area contributed by atoms with Crippen LogP contribution in [0.1, 0.15) is 30.0 Å². The number of benzene rings is 1. The molecule has 0 radical (unpaired) electrons. The number of likely N-dealkylation sites (tertiary alicyclic amines) is 1. The molecule has 1 aromatic rings. The number of nitrogens with zero attached hydrogens (tertiary/aromatic N) is 1. The van der Waals surface area contributed by atoms with Crippen molar-refractivity contribution >= 4 is 0 Å². The van der Waals surface area contributed by atoms with E-state index in [4.69, 9.17) is 0 Å². The third kappa shape index (κ3) is 3.34. The molecule has 0 aromatic heterocycles. The summed E-state index contributed by atoms with van der Waals surface area (Å²) in [4.78, 5) is 2.48. The van der Waals surface area contributed by atoms with E-state index in [2.05, 4.69) is 17.1 Å². The minimum absolute atomic E-state index is 0.0639. The molecule has 1 aliphatic heterocycles. The second kappa shape index (κ2) is 6.02. The van der Waals surface area contributed by atoms with Crippen molar-refractivity contribution < 1.29 is 4.39 Å². The summed E-state index contributed by atoms with van der Waals surface area (Å²) in [6.07, 6.45) is 1.19. The topological polar surface area (TPSA) is 15.3 Å². The van der Waals surface area contributed by atoms with Gasteiger partial charge in [-0.3, -0.25) is 4.90 Å². The van der Waals surface area contributed by atoms with Crippen molar-refractivity contribution in [2.45, 2.75) is 39.8 Å². The first-order valence-electron chi connectivity index (χ1n) is 7.16.